The number of aliphatic hydroxyl groups excluding tert-OH is 1. The average Bonchev–Trinajstić information content (AvgIpc) is 2.73. The summed E-state index contributed by atoms with van der Waals surface area (Å²) >= 11 is 0. The third-order valence-corrected chi connectivity index (χ3v) is 5.72. The number of carbonyl (C=O) groups excluding carboxylic acids is 1. The number of carbonyl (C=O) groups is 1. The number of fused-ring (bicyclic) bond motifs is 1. The van der Waals surface area contributed by atoms with Crippen molar-refractivity contribution in [3.05, 3.63) is 83.6 Å². The van der Waals surface area contributed by atoms with Crippen molar-refractivity contribution in [1.82, 2.24) is 0 Å². The van der Waals surface area contributed by atoms with E-state index in [2.05, 4.69) is 13.8 Å². The Balaban J connectivity index is 1.76. The molecule has 0 spiro atoms. The van der Waals surface area contributed by atoms with Crippen LogP contribution in [0.1, 0.15) is 32.3 Å². The molecule has 0 atom stereocenters. The van der Waals surface area contributed by atoms with E-state index in [1.807, 2.05) is 66.7 Å². The molecule has 4 rings (SSSR count). The van der Waals surface area contributed by atoms with Crippen molar-refractivity contribution in [2.45, 2.75) is 33.1 Å². The Morgan fingerprint density at radius 1 is 1.00 bits per heavy atom. The summed E-state index contributed by atoms with van der Waals surface area (Å²) in [5.74, 6) is 0.781. The van der Waals surface area contributed by atoms with Crippen LogP contribution >= 0.6 is 0 Å². The lowest BCUT2D eigenvalue weighted by atomic mass is 9.73. The number of benzene rings is 3. The molecule has 1 aliphatic carbocycles. The molecule has 0 heterocycles. The summed E-state index contributed by atoms with van der Waals surface area (Å²) in [6.45, 7) is 4.12. The summed E-state index contributed by atoms with van der Waals surface area (Å²) < 4.78 is 5.22. The Kier molecular flexibility index (Phi) is 5.64. The molecule has 0 aliphatic heterocycles. The van der Waals surface area contributed by atoms with Crippen molar-refractivity contribution in [2.75, 3.05) is 7.11 Å². The van der Waals surface area contributed by atoms with Crippen molar-refractivity contribution >= 4 is 28.0 Å². The van der Waals surface area contributed by atoms with E-state index in [0.29, 0.717) is 30.5 Å². The average molecular weight is 414 g/mol. The van der Waals surface area contributed by atoms with Crippen LogP contribution < -0.4 is 4.74 Å². The number of hydrogen-bond donors (Lipinski definition) is 1. The van der Waals surface area contributed by atoms with E-state index in [1.165, 1.54) is 0 Å². The highest BCUT2D eigenvalue weighted by atomic mass is 16.5. The van der Waals surface area contributed by atoms with Crippen LogP contribution in [0, 0.1) is 5.41 Å². The highest BCUT2D eigenvalue weighted by molar-refractivity contribution is 6.25. The molecule has 1 saturated carbocycles. The van der Waals surface area contributed by atoms with E-state index in [9.17, 15) is 9.90 Å². The molecule has 1 N–H and O–H groups in total. The van der Waals surface area contributed by atoms with Crippen LogP contribution in [0.4, 0.5) is 5.69 Å². The van der Waals surface area contributed by atoms with Gasteiger partial charge in [0.05, 0.1) is 24.1 Å². The predicted molar refractivity (Wildman–Crippen MR) is 125 cm³/mol. The van der Waals surface area contributed by atoms with Crippen LogP contribution in [0.15, 0.2) is 83.1 Å². The van der Waals surface area contributed by atoms with Gasteiger partial charge < -0.3 is 9.84 Å². The SMILES string of the molecule is COc1ccc(N=C2CC(C)(C)CC(=O)C2=C(O)Cc2cccc3ccccc23)cc1. The number of hydrogen-bond acceptors (Lipinski definition) is 4. The van der Waals surface area contributed by atoms with Gasteiger partial charge in [-0.3, -0.25) is 9.79 Å². The Morgan fingerprint density at radius 2 is 1.71 bits per heavy atom. The first-order valence-electron chi connectivity index (χ1n) is 10.5. The van der Waals surface area contributed by atoms with Gasteiger partial charge in [0.15, 0.2) is 5.78 Å². The van der Waals surface area contributed by atoms with Gasteiger partial charge in [-0.2, -0.15) is 0 Å². The second kappa shape index (κ2) is 8.38. The fourth-order valence-electron chi connectivity index (χ4n) is 4.24. The van der Waals surface area contributed by atoms with Gasteiger partial charge in [-0.25, -0.2) is 0 Å². The Labute approximate surface area is 182 Å². The summed E-state index contributed by atoms with van der Waals surface area (Å²) in [7, 11) is 1.62. The minimum absolute atomic E-state index is 0.0544. The van der Waals surface area contributed by atoms with Crippen LogP contribution in [-0.2, 0) is 11.2 Å². The molecule has 31 heavy (non-hydrogen) atoms. The van der Waals surface area contributed by atoms with Crippen molar-refractivity contribution in [3.63, 3.8) is 0 Å². The van der Waals surface area contributed by atoms with Gasteiger partial charge in [0.2, 0.25) is 0 Å². The number of ketones is 1. The Bertz CT molecular complexity index is 1180. The number of aliphatic imine (C=N–C) groups is 1. The molecule has 3 aromatic rings. The molecular formula is C27H27NO3. The van der Waals surface area contributed by atoms with Gasteiger partial charge in [-0.1, -0.05) is 56.3 Å². The van der Waals surface area contributed by atoms with E-state index < -0.39 is 0 Å². The van der Waals surface area contributed by atoms with Crippen LogP contribution in [0.3, 0.4) is 0 Å². The van der Waals surface area contributed by atoms with Crippen molar-refractivity contribution < 1.29 is 14.6 Å². The van der Waals surface area contributed by atoms with Gasteiger partial charge >= 0.3 is 0 Å². The summed E-state index contributed by atoms with van der Waals surface area (Å²) in [5, 5.41) is 13.3. The molecule has 0 radical (unpaired) electrons. The van der Waals surface area contributed by atoms with Crippen LogP contribution in [-0.4, -0.2) is 23.7 Å². The van der Waals surface area contributed by atoms with Gasteiger partial charge in [0.25, 0.3) is 0 Å². The largest absolute Gasteiger partial charge is 0.511 e. The molecule has 3 aromatic carbocycles. The third-order valence-electron chi connectivity index (χ3n) is 5.72. The van der Waals surface area contributed by atoms with Crippen LogP contribution in [0.25, 0.3) is 10.8 Å². The zero-order valence-electron chi connectivity index (χ0n) is 18.2. The van der Waals surface area contributed by atoms with E-state index in [0.717, 1.165) is 27.8 Å². The molecule has 0 amide bonds. The van der Waals surface area contributed by atoms with E-state index >= 15 is 0 Å². The van der Waals surface area contributed by atoms with Crippen molar-refractivity contribution in [2.24, 2.45) is 10.4 Å². The van der Waals surface area contributed by atoms with Gasteiger partial charge in [0, 0.05) is 12.8 Å². The third kappa shape index (κ3) is 4.53. The second-order valence-electron chi connectivity index (χ2n) is 8.83. The number of allylic oxidation sites excluding steroid dienone is 2. The van der Waals surface area contributed by atoms with Gasteiger partial charge in [0.1, 0.15) is 11.5 Å². The zero-order valence-corrected chi connectivity index (χ0v) is 18.2. The normalized spacial score (nSPS) is 18.9. The molecule has 0 saturated heterocycles. The molecule has 0 aromatic heterocycles. The maximum atomic E-state index is 13.1. The zero-order chi connectivity index (χ0) is 22.0. The Hall–Kier alpha value is -3.40. The maximum absolute atomic E-state index is 13.1. The molecule has 4 heteroatoms. The summed E-state index contributed by atoms with van der Waals surface area (Å²) in [6, 6.07) is 21.5. The summed E-state index contributed by atoms with van der Waals surface area (Å²) in [4.78, 5) is 17.9. The fourth-order valence-corrected chi connectivity index (χ4v) is 4.24. The number of rotatable bonds is 4. The highest BCUT2D eigenvalue weighted by Crippen LogP contribution is 2.37. The maximum Gasteiger partial charge on any atom is 0.168 e. The minimum Gasteiger partial charge on any atom is -0.511 e. The monoisotopic (exact) mass is 413 g/mol. The number of aliphatic hydroxyl groups is 1. The molecular weight excluding hydrogens is 386 g/mol. The summed E-state index contributed by atoms with van der Waals surface area (Å²) in [5.41, 5.74) is 2.53. The topological polar surface area (TPSA) is 58.9 Å². The predicted octanol–water partition coefficient (Wildman–Crippen LogP) is 6.36. The number of ether oxygens (including phenoxy) is 1. The minimum atomic E-state index is -0.203. The van der Waals surface area contributed by atoms with Gasteiger partial charge in [-0.05, 0) is 52.4 Å². The number of methoxy groups -OCH3 is 1. The van der Waals surface area contributed by atoms with E-state index in [4.69, 9.17) is 9.73 Å². The first-order valence-corrected chi connectivity index (χ1v) is 10.5. The van der Waals surface area contributed by atoms with Gasteiger partial charge in [-0.15, -0.1) is 0 Å². The lowest BCUT2D eigenvalue weighted by Gasteiger charge is -2.31. The number of nitrogens with zero attached hydrogens (tertiary/aromatic N) is 1. The lowest BCUT2D eigenvalue weighted by molar-refractivity contribution is -0.117. The molecule has 0 unspecified atom stereocenters. The fraction of sp³-hybridized carbons (Fsp3) is 0.259. The standard InChI is InChI=1S/C27H27NO3/c1-27(2)16-23(28-20-11-13-21(31-3)14-12-20)26(25(30)17-27)24(29)15-19-9-6-8-18-7-4-5-10-22(18)19/h4-14,29H,15-17H2,1-3H3. The number of Topliss-reactive ketones (excluding diaryl/α,β-unsaturated/α-hetero) is 1. The smallest absolute Gasteiger partial charge is 0.168 e. The first-order chi connectivity index (χ1) is 14.9. The molecule has 1 fully saturated rings. The molecule has 4 nitrogen and oxygen atoms in total. The van der Waals surface area contributed by atoms with Crippen molar-refractivity contribution in [1.29, 1.82) is 0 Å². The second-order valence-corrected chi connectivity index (χ2v) is 8.83. The Morgan fingerprint density at radius 3 is 2.45 bits per heavy atom. The summed E-state index contributed by atoms with van der Waals surface area (Å²) in [6.07, 6.45) is 1.31. The van der Waals surface area contributed by atoms with Crippen LogP contribution in [0.5, 0.6) is 5.75 Å². The molecule has 1 aliphatic rings. The molecule has 158 valence electrons. The van der Waals surface area contributed by atoms with Crippen molar-refractivity contribution in [3.8, 4) is 5.75 Å². The quantitative estimate of drug-likeness (QED) is 0.400. The lowest BCUT2D eigenvalue weighted by Crippen LogP contribution is -2.32. The van der Waals surface area contributed by atoms with Crippen LogP contribution in [0.2, 0.25) is 0 Å². The van der Waals surface area contributed by atoms with E-state index in [-0.39, 0.29) is 17.0 Å². The first kappa shape index (κ1) is 20.9. The highest BCUT2D eigenvalue weighted by Gasteiger charge is 2.36. The van der Waals surface area contributed by atoms with E-state index in [1.54, 1.807) is 7.11 Å². The molecule has 0 bridgehead atoms.